The number of ether oxygens (including phenoxy) is 2. The lowest BCUT2D eigenvalue weighted by molar-refractivity contribution is -0.158. The van der Waals surface area contributed by atoms with E-state index in [0.29, 0.717) is 35.8 Å². The van der Waals surface area contributed by atoms with E-state index in [1.807, 2.05) is 12.1 Å². The number of rotatable bonds is 7. The summed E-state index contributed by atoms with van der Waals surface area (Å²) in [6.45, 7) is 11.1. The first-order chi connectivity index (χ1) is 16.6. The van der Waals surface area contributed by atoms with E-state index in [4.69, 9.17) is 9.72 Å². The molecular formula is C28H37F2N3O3. The van der Waals surface area contributed by atoms with Crippen LogP contribution in [0.4, 0.5) is 20.4 Å². The minimum Gasteiger partial charge on any atom is -0.496 e. The zero-order chi connectivity index (χ0) is 26.5. The number of nitrogens with zero attached hydrogens (tertiary/aromatic N) is 2. The molecule has 2 atom stereocenters. The predicted molar refractivity (Wildman–Crippen MR) is 138 cm³/mol. The number of imidazole rings is 1. The Balaban J connectivity index is 1.81. The highest BCUT2D eigenvalue weighted by Crippen LogP contribution is 2.47. The van der Waals surface area contributed by atoms with Crippen molar-refractivity contribution in [3.8, 4) is 11.5 Å². The van der Waals surface area contributed by atoms with Gasteiger partial charge in [0.1, 0.15) is 11.5 Å². The van der Waals surface area contributed by atoms with Crippen LogP contribution in [0.1, 0.15) is 72.4 Å². The van der Waals surface area contributed by atoms with Gasteiger partial charge in [0, 0.05) is 30.3 Å². The van der Waals surface area contributed by atoms with Gasteiger partial charge in [0.15, 0.2) is 0 Å². The Morgan fingerprint density at radius 3 is 2.33 bits per heavy atom. The van der Waals surface area contributed by atoms with Crippen molar-refractivity contribution in [1.82, 2.24) is 9.55 Å². The summed E-state index contributed by atoms with van der Waals surface area (Å²) in [6.07, 6.45) is -0.0812. The number of alkyl halides is 2. The van der Waals surface area contributed by atoms with Crippen molar-refractivity contribution in [2.45, 2.75) is 78.6 Å². The molecule has 0 amide bonds. The first-order valence-electron chi connectivity index (χ1n) is 12.4. The Kier molecular flexibility index (Phi) is 6.71. The van der Waals surface area contributed by atoms with E-state index in [1.54, 1.807) is 33.1 Å². The molecule has 0 saturated heterocycles. The van der Waals surface area contributed by atoms with E-state index in [2.05, 4.69) is 35.4 Å². The van der Waals surface area contributed by atoms with E-state index in [9.17, 15) is 13.9 Å². The van der Waals surface area contributed by atoms with Crippen LogP contribution in [0, 0.1) is 11.3 Å². The molecule has 1 fully saturated rings. The third-order valence-corrected chi connectivity index (χ3v) is 6.81. The predicted octanol–water partition coefficient (Wildman–Crippen LogP) is 7.39. The van der Waals surface area contributed by atoms with Gasteiger partial charge in [-0.2, -0.15) is 8.78 Å². The molecule has 0 aliphatic heterocycles. The van der Waals surface area contributed by atoms with Gasteiger partial charge in [0.05, 0.1) is 23.7 Å². The molecule has 8 heteroatoms. The summed E-state index contributed by atoms with van der Waals surface area (Å²) in [6, 6.07) is 10.4. The van der Waals surface area contributed by atoms with Gasteiger partial charge in [-0.05, 0) is 74.8 Å². The minimum absolute atomic E-state index is 0.0870. The standard InChI is InChI=1S/C28H37F2N3O3/c1-17-12-19(16-26(2,3)15-17)33-23-14-24(35-7)21(27(4,5)34)13-22(23)32-25(33)31-18-8-10-20(11-9-18)36-28(6,29)30/h8-11,13-14,17,19,34H,12,15-16H2,1-7H3,(H,31,32)/t17-,19+/m1/s1. The van der Waals surface area contributed by atoms with E-state index >= 15 is 0 Å². The number of hydrogen-bond donors (Lipinski definition) is 2. The smallest absolute Gasteiger partial charge is 0.394 e. The molecular weight excluding hydrogens is 464 g/mol. The molecule has 2 N–H and O–H groups in total. The van der Waals surface area contributed by atoms with Crippen LogP contribution in [-0.4, -0.2) is 27.9 Å². The molecule has 0 bridgehead atoms. The normalized spacial score (nSPS) is 20.4. The van der Waals surface area contributed by atoms with Gasteiger partial charge < -0.3 is 24.5 Å². The second-order valence-electron chi connectivity index (χ2n) is 11.5. The van der Waals surface area contributed by atoms with E-state index in [-0.39, 0.29) is 17.2 Å². The number of anilines is 2. The second-order valence-corrected chi connectivity index (χ2v) is 11.5. The summed E-state index contributed by atoms with van der Waals surface area (Å²) in [7, 11) is 1.60. The Bertz CT molecular complexity index is 1220. The number of nitrogens with one attached hydrogen (secondary N) is 1. The lowest BCUT2D eigenvalue weighted by Crippen LogP contribution is -2.29. The van der Waals surface area contributed by atoms with Crippen LogP contribution in [-0.2, 0) is 5.60 Å². The molecule has 1 aliphatic carbocycles. The summed E-state index contributed by atoms with van der Waals surface area (Å²) in [5, 5.41) is 14.1. The second kappa shape index (κ2) is 9.21. The number of benzene rings is 2. The van der Waals surface area contributed by atoms with Crippen LogP contribution in [0.25, 0.3) is 11.0 Å². The highest BCUT2D eigenvalue weighted by molar-refractivity contribution is 5.83. The lowest BCUT2D eigenvalue weighted by Gasteiger charge is -2.40. The molecule has 196 valence electrons. The summed E-state index contributed by atoms with van der Waals surface area (Å²) in [5.74, 6) is 1.90. The number of fused-ring (bicyclic) bond motifs is 1. The van der Waals surface area contributed by atoms with Crippen LogP contribution in [0.2, 0.25) is 0 Å². The molecule has 0 radical (unpaired) electrons. The number of aromatic nitrogens is 2. The average molecular weight is 502 g/mol. The van der Waals surface area contributed by atoms with E-state index < -0.39 is 11.7 Å². The fourth-order valence-electron chi connectivity index (χ4n) is 5.66. The molecule has 1 saturated carbocycles. The largest absolute Gasteiger partial charge is 0.496 e. The quantitative estimate of drug-likeness (QED) is 0.353. The molecule has 2 aromatic carbocycles. The van der Waals surface area contributed by atoms with Crippen LogP contribution in [0.5, 0.6) is 11.5 Å². The van der Waals surface area contributed by atoms with Gasteiger partial charge in [-0.1, -0.05) is 20.8 Å². The fraction of sp³-hybridized carbons (Fsp3) is 0.536. The lowest BCUT2D eigenvalue weighted by atomic mass is 9.70. The van der Waals surface area contributed by atoms with Crippen LogP contribution >= 0.6 is 0 Å². The number of halogens is 2. The third-order valence-electron chi connectivity index (χ3n) is 6.81. The Hall–Kier alpha value is -2.87. The first-order valence-corrected chi connectivity index (χ1v) is 12.4. The monoisotopic (exact) mass is 501 g/mol. The zero-order valence-corrected chi connectivity index (χ0v) is 22.2. The summed E-state index contributed by atoms with van der Waals surface area (Å²) in [4.78, 5) is 4.92. The van der Waals surface area contributed by atoms with Crippen molar-refractivity contribution in [3.05, 3.63) is 42.0 Å². The van der Waals surface area contributed by atoms with Crippen molar-refractivity contribution < 1.29 is 23.4 Å². The van der Waals surface area contributed by atoms with Crippen molar-refractivity contribution in [2.24, 2.45) is 11.3 Å². The van der Waals surface area contributed by atoms with Crippen LogP contribution in [0.15, 0.2) is 36.4 Å². The van der Waals surface area contributed by atoms with Gasteiger partial charge in [0.2, 0.25) is 5.95 Å². The maximum atomic E-state index is 13.2. The molecule has 0 unspecified atom stereocenters. The highest BCUT2D eigenvalue weighted by Gasteiger charge is 2.35. The molecule has 1 aromatic heterocycles. The van der Waals surface area contributed by atoms with Crippen molar-refractivity contribution in [3.63, 3.8) is 0 Å². The van der Waals surface area contributed by atoms with Crippen molar-refractivity contribution in [2.75, 3.05) is 12.4 Å². The average Bonchev–Trinajstić information content (AvgIpc) is 3.08. The summed E-state index contributed by atoms with van der Waals surface area (Å²) >= 11 is 0. The zero-order valence-electron chi connectivity index (χ0n) is 22.2. The molecule has 6 nitrogen and oxygen atoms in total. The summed E-state index contributed by atoms with van der Waals surface area (Å²) < 4.78 is 39.0. The van der Waals surface area contributed by atoms with Crippen LogP contribution < -0.4 is 14.8 Å². The van der Waals surface area contributed by atoms with Crippen LogP contribution in [0.3, 0.4) is 0 Å². The fourth-order valence-corrected chi connectivity index (χ4v) is 5.66. The SMILES string of the molecule is COc1cc2c(cc1C(C)(C)O)nc(Nc1ccc(OC(C)(F)F)cc1)n2[C@H]1C[C@@H](C)CC(C)(C)C1. The maximum absolute atomic E-state index is 13.2. The molecule has 4 rings (SSSR count). The van der Waals surface area contributed by atoms with E-state index in [0.717, 1.165) is 30.3 Å². The molecule has 36 heavy (non-hydrogen) atoms. The summed E-state index contributed by atoms with van der Waals surface area (Å²) in [5.41, 5.74) is 2.11. The number of methoxy groups -OCH3 is 1. The van der Waals surface area contributed by atoms with Gasteiger partial charge >= 0.3 is 6.11 Å². The maximum Gasteiger partial charge on any atom is 0.394 e. The van der Waals surface area contributed by atoms with Gasteiger partial charge in [-0.3, -0.25) is 0 Å². The molecule has 1 heterocycles. The van der Waals surface area contributed by atoms with Gasteiger partial charge in [-0.25, -0.2) is 4.98 Å². The molecule has 3 aromatic rings. The highest BCUT2D eigenvalue weighted by atomic mass is 19.3. The topological polar surface area (TPSA) is 68.5 Å². The Morgan fingerprint density at radius 2 is 1.78 bits per heavy atom. The Labute approximate surface area is 211 Å². The van der Waals surface area contributed by atoms with Gasteiger partial charge in [0.25, 0.3) is 0 Å². The number of aliphatic hydroxyl groups is 1. The molecule has 1 aliphatic rings. The minimum atomic E-state index is -3.25. The first kappa shape index (κ1) is 26.2. The Morgan fingerprint density at radius 1 is 1.11 bits per heavy atom. The molecule has 0 spiro atoms. The number of hydrogen-bond acceptors (Lipinski definition) is 5. The van der Waals surface area contributed by atoms with E-state index in [1.165, 1.54) is 12.1 Å². The van der Waals surface area contributed by atoms with Gasteiger partial charge in [-0.15, -0.1) is 0 Å². The third kappa shape index (κ3) is 5.75. The van der Waals surface area contributed by atoms with Crippen molar-refractivity contribution in [1.29, 1.82) is 0 Å². The van der Waals surface area contributed by atoms with Crippen molar-refractivity contribution >= 4 is 22.7 Å².